The molecule has 2 N–H and O–H groups in total. The minimum atomic E-state index is -0.365. The molecule has 15 heavy (non-hydrogen) atoms. The van der Waals surface area contributed by atoms with E-state index in [2.05, 4.69) is 4.74 Å². The van der Waals surface area contributed by atoms with Gasteiger partial charge in [0.15, 0.2) is 0 Å². The molecule has 0 saturated heterocycles. The van der Waals surface area contributed by atoms with Crippen molar-refractivity contribution in [1.29, 1.82) is 0 Å². The molecule has 0 radical (unpaired) electrons. The van der Waals surface area contributed by atoms with Crippen molar-refractivity contribution in [3.05, 3.63) is 29.8 Å². The molecule has 0 heterocycles. The Labute approximate surface area is 89.0 Å². The zero-order chi connectivity index (χ0) is 11.1. The molecule has 0 spiro atoms. The van der Waals surface area contributed by atoms with Crippen molar-refractivity contribution in [3.8, 4) is 0 Å². The lowest BCUT2D eigenvalue weighted by molar-refractivity contribution is -0.145. The number of methoxy groups -OCH3 is 1. The van der Waals surface area contributed by atoms with E-state index in [1.165, 1.54) is 7.11 Å². The molecular formula is C11H15NO3. The summed E-state index contributed by atoms with van der Waals surface area (Å²) in [6.45, 7) is 0.451. The van der Waals surface area contributed by atoms with E-state index in [0.717, 1.165) is 11.3 Å². The van der Waals surface area contributed by atoms with E-state index < -0.39 is 0 Å². The van der Waals surface area contributed by atoms with E-state index in [-0.39, 0.29) is 12.6 Å². The highest BCUT2D eigenvalue weighted by atomic mass is 16.6. The van der Waals surface area contributed by atoms with E-state index in [9.17, 15) is 4.79 Å². The van der Waals surface area contributed by atoms with Crippen molar-refractivity contribution < 1.29 is 14.3 Å². The molecule has 0 unspecified atom stereocenters. The number of nitrogen functional groups attached to an aromatic ring is 1. The summed E-state index contributed by atoms with van der Waals surface area (Å²) in [4.78, 5) is 10.7. The fourth-order valence-electron chi connectivity index (χ4n) is 1.16. The first-order valence-electron chi connectivity index (χ1n) is 4.72. The maximum absolute atomic E-state index is 10.7. The van der Waals surface area contributed by atoms with Crippen molar-refractivity contribution in [2.24, 2.45) is 0 Å². The van der Waals surface area contributed by atoms with Gasteiger partial charge in [-0.3, -0.25) is 0 Å². The summed E-state index contributed by atoms with van der Waals surface area (Å²) < 4.78 is 9.55. The Morgan fingerprint density at radius 3 is 2.80 bits per heavy atom. The van der Waals surface area contributed by atoms with Crippen molar-refractivity contribution in [1.82, 2.24) is 0 Å². The third-order valence-electron chi connectivity index (χ3n) is 2.02. The smallest absolute Gasteiger partial charge is 0.331 e. The molecule has 0 fully saturated rings. The predicted molar refractivity (Wildman–Crippen MR) is 57.4 cm³/mol. The highest BCUT2D eigenvalue weighted by Gasteiger charge is 2.01. The normalized spacial score (nSPS) is 9.93. The van der Waals surface area contributed by atoms with Gasteiger partial charge in [-0.1, -0.05) is 18.2 Å². The zero-order valence-corrected chi connectivity index (χ0v) is 8.73. The lowest BCUT2D eigenvalue weighted by Crippen LogP contribution is -2.12. The number of benzene rings is 1. The van der Waals surface area contributed by atoms with E-state index in [1.54, 1.807) is 0 Å². The zero-order valence-electron chi connectivity index (χ0n) is 8.73. The number of hydrogen-bond donors (Lipinski definition) is 1. The van der Waals surface area contributed by atoms with Crippen LogP contribution in [-0.4, -0.2) is 26.3 Å². The molecule has 0 atom stereocenters. The van der Waals surface area contributed by atoms with Crippen LogP contribution < -0.4 is 5.73 Å². The van der Waals surface area contributed by atoms with Crippen LogP contribution in [0.25, 0.3) is 0 Å². The molecule has 0 aromatic heterocycles. The second-order valence-electron chi connectivity index (χ2n) is 3.08. The molecule has 4 nitrogen and oxygen atoms in total. The largest absolute Gasteiger partial charge is 0.467 e. The highest BCUT2D eigenvalue weighted by molar-refractivity contribution is 5.70. The van der Waals surface area contributed by atoms with E-state index in [0.29, 0.717) is 13.0 Å². The number of esters is 1. The average molecular weight is 209 g/mol. The molecule has 1 aromatic carbocycles. The number of hydrogen-bond acceptors (Lipinski definition) is 4. The van der Waals surface area contributed by atoms with Crippen molar-refractivity contribution >= 4 is 11.7 Å². The molecule has 0 bridgehead atoms. The summed E-state index contributed by atoms with van der Waals surface area (Å²) in [7, 11) is 1.33. The first kappa shape index (κ1) is 11.5. The van der Waals surface area contributed by atoms with Gasteiger partial charge >= 0.3 is 5.97 Å². The molecular weight excluding hydrogens is 194 g/mol. The molecule has 4 heteroatoms. The van der Waals surface area contributed by atoms with Crippen molar-refractivity contribution in [2.75, 3.05) is 26.1 Å². The number of para-hydroxylation sites is 1. The van der Waals surface area contributed by atoms with Crippen LogP contribution in [-0.2, 0) is 20.7 Å². The Morgan fingerprint density at radius 2 is 2.13 bits per heavy atom. The van der Waals surface area contributed by atoms with Gasteiger partial charge in [0.25, 0.3) is 0 Å². The lowest BCUT2D eigenvalue weighted by atomic mass is 10.1. The Kier molecular flexibility index (Phi) is 4.63. The van der Waals surface area contributed by atoms with Gasteiger partial charge in [0, 0.05) is 5.69 Å². The SMILES string of the molecule is COC(=O)COCCc1ccccc1N. The summed E-state index contributed by atoms with van der Waals surface area (Å²) in [6, 6.07) is 7.59. The Hall–Kier alpha value is -1.55. The summed E-state index contributed by atoms with van der Waals surface area (Å²) in [5, 5.41) is 0. The second-order valence-corrected chi connectivity index (χ2v) is 3.08. The van der Waals surface area contributed by atoms with Crippen LogP contribution in [0.4, 0.5) is 5.69 Å². The van der Waals surface area contributed by atoms with Gasteiger partial charge in [-0.2, -0.15) is 0 Å². The van der Waals surface area contributed by atoms with Crippen LogP contribution in [0.15, 0.2) is 24.3 Å². The van der Waals surface area contributed by atoms with E-state index in [4.69, 9.17) is 10.5 Å². The highest BCUT2D eigenvalue weighted by Crippen LogP contribution is 2.10. The number of anilines is 1. The second kappa shape index (κ2) is 6.03. The first-order chi connectivity index (χ1) is 7.24. The van der Waals surface area contributed by atoms with E-state index >= 15 is 0 Å². The maximum Gasteiger partial charge on any atom is 0.331 e. The number of ether oxygens (including phenoxy) is 2. The fraction of sp³-hybridized carbons (Fsp3) is 0.364. The summed E-state index contributed by atoms with van der Waals surface area (Å²) in [5.41, 5.74) is 7.52. The summed E-state index contributed by atoms with van der Waals surface area (Å²) in [6.07, 6.45) is 0.698. The number of nitrogens with two attached hydrogens (primary N) is 1. The number of carbonyl (C=O) groups excluding carboxylic acids is 1. The Morgan fingerprint density at radius 1 is 1.40 bits per heavy atom. The Bertz CT molecular complexity index is 325. The van der Waals surface area contributed by atoms with Gasteiger partial charge in [0.05, 0.1) is 13.7 Å². The lowest BCUT2D eigenvalue weighted by Gasteiger charge is -2.05. The Balaban J connectivity index is 2.26. The third kappa shape index (κ3) is 3.99. The molecule has 0 saturated carbocycles. The molecule has 1 aromatic rings. The minimum Gasteiger partial charge on any atom is -0.467 e. The molecule has 1 rings (SSSR count). The molecule has 0 aliphatic rings. The maximum atomic E-state index is 10.7. The molecule has 0 amide bonds. The quantitative estimate of drug-likeness (QED) is 0.446. The monoisotopic (exact) mass is 209 g/mol. The standard InChI is InChI=1S/C11H15NO3/c1-14-11(13)8-15-7-6-9-4-2-3-5-10(9)12/h2-5H,6-8,12H2,1H3. The van der Waals surface area contributed by atoms with Gasteiger partial charge in [-0.05, 0) is 18.1 Å². The summed E-state index contributed by atoms with van der Waals surface area (Å²) >= 11 is 0. The van der Waals surface area contributed by atoms with Gasteiger partial charge in [-0.15, -0.1) is 0 Å². The number of carbonyl (C=O) groups is 1. The van der Waals surface area contributed by atoms with Crippen LogP contribution >= 0.6 is 0 Å². The van der Waals surface area contributed by atoms with Crippen LogP contribution in [0.5, 0.6) is 0 Å². The van der Waals surface area contributed by atoms with Gasteiger partial charge in [0.2, 0.25) is 0 Å². The predicted octanol–water partition coefficient (Wildman–Crippen LogP) is 1.00. The third-order valence-corrected chi connectivity index (χ3v) is 2.02. The van der Waals surface area contributed by atoms with Crippen LogP contribution in [0.1, 0.15) is 5.56 Å². The van der Waals surface area contributed by atoms with Gasteiger partial charge in [-0.25, -0.2) is 4.79 Å². The topological polar surface area (TPSA) is 61.5 Å². The van der Waals surface area contributed by atoms with Gasteiger partial charge < -0.3 is 15.2 Å². The molecule has 0 aliphatic carbocycles. The molecule has 0 aliphatic heterocycles. The average Bonchev–Trinajstić information content (AvgIpc) is 2.26. The van der Waals surface area contributed by atoms with E-state index in [1.807, 2.05) is 24.3 Å². The fourth-order valence-corrected chi connectivity index (χ4v) is 1.16. The van der Waals surface area contributed by atoms with Crippen molar-refractivity contribution in [3.63, 3.8) is 0 Å². The van der Waals surface area contributed by atoms with Crippen LogP contribution in [0, 0.1) is 0 Å². The molecule has 82 valence electrons. The summed E-state index contributed by atoms with van der Waals surface area (Å²) in [5.74, 6) is -0.365. The number of rotatable bonds is 5. The minimum absolute atomic E-state index is 0.0107. The first-order valence-corrected chi connectivity index (χ1v) is 4.72. The van der Waals surface area contributed by atoms with Crippen LogP contribution in [0.3, 0.4) is 0 Å². The van der Waals surface area contributed by atoms with Crippen molar-refractivity contribution in [2.45, 2.75) is 6.42 Å². The van der Waals surface area contributed by atoms with Gasteiger partial charge in [0.1, 0.15) is 6.61 Å². The van der Waals surface area contributed by atoms with Crippen LogP contribution in [0.2, 0.25) is 0 Å².